The minimum absolute atomic E-state index is 0.130. The molecule has 0 radical (unpaired) electrons. The van der Waals surface area contributed by atoms with Crippen LogP contribution in [0.15, 0.2) is 59.5 Å². The Morgan fingerprint density at radius 1 is 1.08 bits per heavy atom. The van der Waals surface area contributed by atoms with Crippen LogP contribution in [0.25, 0.3) is 0 Å². The summed E-state index contributed by atoms with van der Waals surface area (Å²) in [5.74, 6) is 0.224. The van der Waals surface area contributed by atoms with Gasteiger partial charge in [0.05, 0.1) is 10.9 Å². The third kappa shape index (κ3) is 5.04. The van der Waals surface area contributed by atoms with Gasteiger partial charge in [0.15, 0.2) is 6.61 Å². The molecule has 2 rings (SSSR count). The van der Waals surface area contributed by atoms with Crippen LogP contribution in [0.1, 0.15) is 24.9 Å². The smallest absolute Gasteiger partial charge is 0.257 e. The van der Waals surface area contributed by atoms with E-state index in [0.717, 1.165) is 0 Å². The maximum absolute atomic E-state index is 12.6. The second-order valence-electron chi connectivity index (χ2n) is 5.39. The second kappa shape index (κ2) is 8.64. The molecule has 1 atom stereocenters. The zero-order valence-electron chi connectivity index (χ0n) is 14.2. The van der Waals surface area contributed by atoms with Crippen LogP contribution in [0.5, 0.6) is 5.75 Å². The van der Waals surface area contributed by atoms with Crippen LogP contribution in [0.2, 0.25) is 0 Å². The fraction of sp³-hybridized carbons (Fsp3) is 0.278. The molecule has 0 aliphatic carbocycles. The fourth-order valence-electron chi connectivity index (χ4n) is 2.34. The van der Waals surface area contributed by atoms with Gasteiger partial charge in [-0.3, -0.25) is 4.79 Å². The van der Waals surface area contributed by atoms with Gasteiger partial charge in [0.1, 0.15) is 5.75 Å². The number of ether oxygens (including phenoxy) is 1. The van der Waals surface area contributed by atoms with Crippen LogP contribution in [0, 0.1) is 0 Å². The molecular formula is C18H22N2O4S. The molecule has 25 heavy (non-hydrogen) atoms. The molecule has 0 aliphatic heterocycles. The van der Waals surface area contributed by atoms with E-state index < -0.39 is 16.1 Å². The number of hydrogen-bond acceptors (Lipinski definition) is 4. The average molecular weight is 362 g/mol. The zero-order valence-corrected chi connectivity index (χ0v) is 15.0. The molecule has 0 fully saturated rings. The van der Waals surface area contributed by atoms with Crippen LogP contribution in [-0.4, -0.2) is 28.0 Å². The number of likely N-dealkylation sites (N-methyl/N-ethyl adjacent to an activating group) is 1. The van der Waals surface area contributed by atoms with Gasteiger partial charge in [-0.1, -0.05) is 43.3 Å². The number of carbonyl (C=O) groups is 1. The van der Waals surface area contributed by atoms with E-state index >= 15 is 0 Å². The van der Waals surface area contributed by atoms with Crippen LogP contribution in [0.4, 0.5) is 0 Å². The highest BCUT2D eigenvalue weighted by Crippen LogP contribution is 2.28. The molecule has 2 N–H and O–H groups in total. The predicted octanol–water partition coefficient (Wildman–Crippen LogP) is 2.24. The Kier molecular flexibility index (Phi) is 6.55. The Morgan fingerprint density at radius 3 is 2.36 bits per heavy atom. The van der Waals surface area contributed by atoms with Crippen molar-refractivity contribution in [2.75, 3.05) is 13.7 Å². The normalized spacial score (nSPS) is 12.4. The third-order valence-electron chi connectivity index (χ3n) is 3.69. The maximum atomic E-state index is 12.6. The van der Waals surface area contributed by atoms with Crippen molar-refractivity contribution in [3.63, 3.8) is 0 Å². The molecule has 7 heteroatoms. The molecule has 1 unspecified atom stereocenters. The molecule has 0 spiro atoms. The second-order valence-corrected chi connectivity index (χ2v) is 7.11. The van der Waals surface area contributed by atoms with Crippen LogP contribution in [-0.2, 0) is 14.8 Å². The van der Waals surface area contributed by atoms with E-state index in [1.807, 2.05) is 13.0 Å². The molecule has 0 aromatic heterocycles. The summed E-state index contributed by atoms with van der Waals surface area (Å²) in [4.78, 5) is 11.6. The van der Waals surface area contributed by atoms with E-state index in [1.165, 1.54) is 7.05 Å². The van der Waals surface area contributed by atoms with Gasteiger partial charge in [-0.25, -0.2) is 13.1 Å². The topological polar surface area (TPSA) is 84.5 Å². The van der Waals surface area contributed by atoms with Gasteiger partial charge in [-0.15, -0.1) is 0 Å². The summed E-state index contributed by atoms with van der Waals surface area (Å²) in [6.45, 7) is 1.75. The number of amides is 1. The lowest BCUT2D eigenvalue weighted by atomic mass is 10.0. The number of nitrogens with one attached hydrogen (secondary N) is 2. The Labute approximate surface area is 148 Å². The van der Waals surface area contributed by atoms with E-state index in [9.17, 15) is 13.2 Å². The highest BCUT2D eigenvalue weighted by molar-refractivity contribution is 7.89. The zero-order chi connectivity index (χ0) is 18.3. The van der Waals surface area contributed by atoms with Gasteiger partial charge >= 0.3 is 0 Å². The number of rotatable bonds is 8. The molecule has 0 bridgehead atoms. The van der Waals surface area contributed by atoms with Gasteiger partial charge < -0.3 is 10.1 Å². The number of carbonyl (C=O) groups excluding carboxylic acids is 1. The van der Waals surface area contributed by atoms with Crippen molar-refractivity contribution in [1.82, 2.24) is 10.0 Å². The summed E-state index contributed by atoms with van der Waals surface area (Å²) < 4.78 is 33.4. The molecule has 6 nitrogen and oxygen atoms in total. The molecule has 134 valence electrons. The summed E-state index contributed by atoms with van der Waals surface area (Å²) >= 11 is 0. The highest BCUT2D eigenvalue weighted by Gasteiger charge is 2.22. The quantitative estimate of drug-likeness (QED) is 0.754. The average Bonchev–Trinajstić information content (AvgIpc) is 2.65. The Balaban J connectivity index is 2.25. The first-order valence-corrected chi connectivity index (χ1v) is 9.46. The van der Waals surface area contributed by atoms with Gasteiger partial charge in [0, 0.05) is 12.6 Å². The van der Waals surface area contributed by atoms with Crippen molar-refractivity contribution in [2.24, 2.45) is 0 Å². The SMILES string of the molecule is CCC(NS(=O)(=O)c1ccccc1)c1ccccc1OCC(=O)NC. The molecule has 0 heterocycles. The minimum Gasteiger partial charge on any atom is -0.483 e. The summed E-state index contributed by atoms with van der Waals surface area (Å²) in [6.07, 6.45) is 0.534. The van der Waals surface area contributed by atoms with Gasteiger partial charge in [0.2, 0.25) is 10.0 Å². The summed E-state index contributed by atoms with van der Waals surface area (Å²) in [7, 11) is -2.13. The predicted molar refractivity (Wildman–Crippen MR) is 95.8 cm³/mol. The van der Waals surface area contributed by atoms with E-state index in [0.29, 0.717) is 17.7 Å². The first kappa shape index (κ1) is 19.0. The lowest BCUT2D eigenvalue weighted by Crippen LogP contribution is -2.29. The largest absolute Gasteiger partial charge is 0.483 e. The first-order chi connectivity index (χ1) is 12.0. The highest BCUT2D eigenvalue weighted by atomic mass is 32.2. The number of sulfonamides is 1. The molecule has 0 saturated heterocycles. The van der Waals surface area contributed by atoms with Crippen molar-refractivity contribution in [3.8, 4) is 5.75 Å². The lowest BCUT2D eigenvalue weighted by Gasteiger charge is -2.20. The van der Waals surface area contributed by atoms with Crippen molar-refractivity contribution in [3.05, 3.63) is 60.2 Å². The maximum Gasteiger partial charge on any atom is 0.257 e. The van der Waals surface area contributed by atoms with E-state index in [4.69, 9.17) is 4.74 Å². The molecule has 2 aromatic rings. The molecule has 2 aromatic carbocycles. The van der Waals surface area contributed by atoms with Crippen molar-refractivity contribution in [2.45, 2.75) is 24.3 Å². The van der Waals surface area contributed by atoms with Gasteiger partial charge in [0.25, 0.3) is 5.91 Å². The Bertz CT molecular complexity index is 807. The molecule has 0 saturated carbocycles. The first-order valence-electron chi connectivity index (χ1n) is 7.97. The van der Waals surface area contributed by atoms with Crippen molar-refractivity contribution in [1.29, 1.82) is 0 Å². The van der Waals surface area contributed by atoms with Gasteiger partial charge in [-0.2, -0.15) is 0 Å². The molecular weight excluding hydrogens is 340 g/mol. The monoisotopic (exact) mass is 362 g/mol. The standard InChI is InChI=1S/C18H22N2O4S/c1-3-16(20-25(22,23)14-9-5-4-6-10-14)15-11-7-8-12-17(15)24-13-18(21)19-2/h4-12,16,20H,3,13H2,1-2H3,(H,19,21). The fourth-order valence-corrected chi connectivity index (χ4v) is 3.66. The third-order valence-corrected chi connectivity index (χ3v) is 5.18. The van der Waals surface area contributed by atoms with Crippen molar-refractivity contribution < 1.29 is 17.9 Å². The Hall–Kier alpha value is -2.38. The summed E-state index contributed by atoms with van der Waals surface area (Å²) in [6, 6.07) is 14.8. The molecule has 0 aliphatic rings. The number of hydrogen-bond donors (Lipinski definition) is 2. The summed E-state index contributed by atoms with van der Waals surface area (Å²) in [5, 5.41) is 2.48. The molecule has 1 amide bonds. The number of benzene rings is 2. The van der Waals surface area contributed by atoms with Crippen molar-refractivity contribution >= 4 is 15.9 Å². The minimum atomic E-state index is -3.66. The Morgan fingerprint density at radius 2 is 1.72 bits per heavy atom. The van der Waals surface area contributed by atoms with Crippen LogP contribution >= 0.6 is 0 Å². The van der Waals surface area contributed by atoms with Gasteiger partial charge in [-0.05, 0) is 24.6 Å². The van der Waals surface area contributed by atoms with Crippen LogP contribution in [0.3, 0.4) is 0 Å². The van der Waals surface area contributed by atoms with E-state index in [2.05, 4.69) is 10.0 Å². The van der Waals surface area contributed by atoms with E-state index in [-0.39, 0.29) is 17.4 Å². The lowest BCUT2D eigenvalue weighted by molar-refractivity contribution is -0.122. The van der Waals surface area contributed by atoms with Crippen LogP contribution < -0.4 is 14.8 Å². The summed E-state index contributed by atoms with van der Waals surface area (Å²) in [5.41, 5.74) is 0.688. The number of para-hydroxylation sites is 1. The van der Waals surface area contributed by atoms with E-state index in [1.54, 1.807) is 48.5 Å².